The van der Waals surface area contributed by atoms with Crippen LogP contribution in [0, 0.1) is 6.92 Å². The van der Waals surface area contributed by atoms with Crippen LogP contribution in [0.25, 0.3) is 5.69 Å². The molecule has 0 saturated carbocycles. The summed E-state index contributed by atoms with van der Waals surface area (Å²) in [6, 6.07) is 3.70. The number of nitrogen functional groups attached to an aromatic ring is 1. The van der Waals surface area contributed by atoms with Crippen LogP contribution in [-0.4, -0.2) is 21.4 Å². The largest absolute Gasteiger partial charge is 0.478 e. The van der Waals surface area contributed by atoms with Crippen LogP contribution in [-0.2, 0) is 0 Å². The van der Waals surface area contributed by atoms with Gasteiger partial charge in [0.25, 0.3) is 0 Å². The molecule has 2 aromatic rings. The van der Waals surface area contributed by atoms with Gasteiger partial charge in [0.1, 0.15) is 5.82 Å². The molecule has 0 spiro atoms. The Morgan fingerprint density at radius 2 is 2.25 bits per heavy atom. The van der Waals surface area contributed by atoms with E-state index in [1.165, 1.54) is 0 Å². The van der Waals surface area contributed by atoms with Gasteiger partial charge in [-0.1, -0.05) is 0 Å². The lowest BCUT2D eigenvalue weighted by Crippen LogP contribution is -1.99. The van der Waals surface area contributed by atoms with Crippen molar-refractivity contribution in [3.8, 4) is 11.6 Å². The van der Waals surface area contributed by atoms with Crippen LogP contribution in [0.3, 0.4) is 0 Å². The average Bonchev–Trinajstić information content (AvgIpc) is 2.61. The van der Waals surface area contributed by atoms with E-state index in [4.69, 9.17) is 10.5 Å². The third kappa shape index (κ3) is 1.98. The number of nitrogens with zero attached hydrogens (tertiary/aromatic N) is 3. The van der Waals surface area contributed by atoms with Crippen LogP contribution in [0.4, 0.5) is 5.82 Å². The van der Waals surface area contributed by atoms with Crippen LogP contribution < -0.4 is 10.5 Å². The van der Waals surface area contributed by atoms with Gasteiger partial charge in [-0.25, -0.2) is 9.67 Å². The molecule has 16 heavy (non-hydrogen) atoms. The van der Waals surface area contributed by atoms with Crippen molar-refractivity contribution < 1.29 is 4.74 Å². The lowest BCUT2D eigenvalue weighted by atomic mass is 10.4. The molecular weight excluding hydrogens is 204 g/mol. The summed E-state index contributed by atoms with van der Waals surface area (Å²) in [5.74, 6) is 1.15. The molecule has 5 heteroatoms. The van der Waals surface area contributed by atoms with E-state index in [2.05, 4.69) is 10.1 Å². The Balaban J connectivity index is 2.27. The Bertz CT molecular complexity index is 456. The van der Waals surface area contributed by atoms with Gasteiger partial charge < -0.3 is 10.5 Å². The molecule has 0 amide bonds. The molecule has 0 aromatic carbocycles. The Morgan fingerprint density at radius 1 is 1.44 bits per heavy atom. The number of aryl methyl sites for hydroxylation is 1. The van der Waals surface area contributed by atoms with Crippen molar-refractivity contribution in [3.63, 3.8) is 0 Å². The fourth-order valence-electron chi connectivity index (χ4n) is 1.35. The molecule has 0 unspecified atom stereocenters. The number of rotatable bonds is 3. The minimum absolute atomic E-state index is 0.536. The van der Waals surface area contributed by atoms with Gasteiger partial charge in [0, 0.05) is 17.8 Å². The van der Waals surface area contributed by atoms with Gasteiger partial charge in [0.05, 0.1) is 18.5 Å². The Kier molecular flexibility index (Phi) is 2.76. The molecule has 2 rings (SSSR count). The molecule has 0 aliphatic heterocycles. The van der Waals surface area contributed by atoms with E-state index in [1.54, 1.807) is 10.9 Å². The summed E-state index contributed by atoms with van der Waals surface area (Å²) < 4.78 is 6.96. The van der Waals surface area contributed by atoms with Crippen molar-refractivity contribution in [2.45, 2.75) is 13.8 Å². The fourth-order valence-corrected chi connectivity index (χ4v) is 1.35. The van der Waals surface area contributed by atoms with Crippen molar-refractivity contribution in [3.05, 3.63) is 30.1 Å². The fraction of sp³-hybridized carbons (Fsp3) is 0.273. The number of aromatic nitrogens is 3. The van der Waals surface area contributed by atoms with Gasteiger partial charge >= 0.3 is 0 Å². The van der Waals surface area contributed by atoms with E-state index < -0.39 is 0 Å². The standard InChI is InChI=1S/C11H14N4O/c1-3-16-10-5-4-9(6-13-10)15-7-8(2)11(12)14-15/h4-7H,3H2,1-2H3,(H2,12,14). The van der Waals surface area contributed by atoms with Crippen LogP contribution in [0.15, 0.2) is 24.5 Å². The highest BCUT2D eigenvalue weighted by Gasteiger charge is 2.03. The smallest absolute Gasteiger partial charge is 0.213 e. The summed E-state index contributed by atoms with van der Waals surface area (Å²) in [5, 5.41) is 4.17. The van der Waals surface area contributed by atoms with E-state index in [9.17, 15) is 0 Å². The maximum atomic E-state index is 5.68. The second kappa shape index (κ2) is 4.22. The molecule has 0 radical (unpaired) electrons. The molecule has 2 N–H and O–H groups in total. The zero-order chi connectivity index (χ0) is 11.5. The second-order valence-electron chi connectivity index (χ2n) is 3.43. The van der Waals surface area contributed by atoms with E-state index >= 15 is 0 Å². The van der Waals surface area contributed by atoms with Gasteiger partial charge in [-0.15, -0.1) is 0 Å². The lowest BCUT2D eigenvalue weighted by molar-refractivity contribution is 0.327. The van der Waals surface area contributed by atoms with Crippen molar-refractivity contribution in [1.82, 2.24) is 14.8 Å². The molecule has 2 aromatic heterocycles. The number of pyridine rings is 1. The van der Waals surface area contributed by atoms with E-state index in [0.717, 1.165) is 11.3 Å². The van der Waals surface area contributed by atoms with E-state index in [-0.39, 0.29) is 0 Å². The van der Waals surface area contributed by atoms with Gasteiger partial charge in [-0.3, -0.25) is 0 Å². The van der Waals surface area contributed by atoms with Crippen LogP contribution in [0.1, 0.15) is 12.5 Å². The zero-order valence-corrected chi connectivity index (χ0v) is 9.34. The third-order valence-corrected chi connectivity index (χ3v) is 2.21. The van der Waals surface area contributed by atoms with Crippen LogP contribution in [0.5, 0.6) is 5.88 Å². The SMILES string of the molecule is CCOc1ccc(-n2cc(C)c(N)n2)cn1. The van der Waals surface area contributed by atoms with Gasteiger partial charge in [-0.05, 0) is 19.9 Å². The number of nitrogens with two attached hydrogens (primary N) is 1. The summed E-state index contributed by atoms with van der Waals surface area (Å²) in [4.78, 5) is 4.16. The molecule has 0 aliphatic rings. The molecule has 2 heterocycles. The molecule has 0 bridgehead atoms. The molecule has 0 fully saturated rings. The predicted octanol–water partition coefficient (Wildman–Crippen LogP) is 1.56. The number of hydrogen-bond acceptors (Lipinski definition) is 4. The van der Waals surface area contributed by atoms with Crippen molar-refractivity contribution >= 4 is 5.82 Å². The number of hydrogen-bond donors (Lipinski definition) is 1. The van der Waals surface area contributed by atoms with Gasteiger partial charge in [0.2, 0.25) is 5.88 Å². The topological polar surface area (TPSA) is 66.0 Å². The number of ether oxygens (including phenoxy) is 1. The van der Waals surface area contributed by atoms with Gasteiger partial charge in [-0.2, -0.15) is 5.10 Å². The molecular formula is C11H14N4O. The Labute approximate surface area is 93.9 Å². The minimum atomic E-state index is 0.536. The highest BCUT2D eigenvalue weighted by atomic mass is 16.5. The maximum absolute atomic E-state index is 5.68. The first-order valence-corrected chi connectivity index (χ1v) is 5.11. The van der Waals surface area contributed by atoms with E-state index in [1.807, 2.05) is 32.2 Å². The summed E-state index contributed by atoms with van der Waals surface area (Å²) in [7, 11) is 0. The maximum Gasteiger partial charge on any atom is 0.213 e. The normalized spacial score (nSPS) is 10.4. The first-order chi connectivity index (χ1) is 7.70. The minimum Gasteiger partial charge on any atom is -0.478 e. The second-order valence-corrected chi connectivity index (χ2v) is 3.43. The molecule has 0 aliphatic carbocycles. The van der Waals surface area contributed by atoms with Gasteiger partial charge in [0.15, 0.2) is 0 Å². The zero-order valence-electron chi connectivity index (χ0n) is 9.34. The molecule has 0 atom stereocenters. The highest BCUT2D eigenvalue weighted by Crippen LogP contribution is 2.14. The van der Waals surface area contributed by atoms with Crippen LogP contribution >= 0.6 is 0 Å². The molecule has 5 nitrogen and oxygen atoms in total. The quantitative estimate of drug-likeness (QED) is 0.849. The molecule has 0 saturated heterocycles. The summed E-state index contributed by atoms with van der Waals surface area (Å²) in [5.41, 5.74) is 7.50. The van der Waals surface area contributed by atoms with Crippen molar-refractivity contribution in [2.75, 3.05) is 12.3 Å². The predicted molar refractivity (Wildman–Crippen MR) is 61.7 cm³/mol. The summed E-state index contributed by atoms with van der Waals surface area (Å²) >= 11 is 0. The van der Waals surface area contributed by atoms with E-state index in [0.29, 0.717) is 18.3 Å². The third-order valence-electron chi connectivity index (χ3n) is 2.21. The lowest BCUT2D eigenvalue weighted by Gasteiger charge is -2.03. The van der Waals surface area contributed by atoms with Crippen molar-refractivity contribution in [1.29, 1.82) is 0 Å². The van der Waals surface area contributed by atoms with Crippen LogP contribution in [0.2, 0.25) is 0 Å². The first-order valence-electron chi connectivity index (χ1n) is 5.11. The molecule has 84 valence electrons. The average molecular weight is 218 g/mol. The highest BCUT2D eigenvalue weighted by molar-refractivity contribution is 5.40. The van der Waals surface area contributed by atoms with Crippen molar-refractivity contribution in [2.24, 2.45) is 0 Å². The Hall–Kier alpha value is -2.04. The monoisotopic (exact) mass is 218 g/mol. The first kappa shape index (κ1) is 10.5. The summed E-state index contributed by atoms with van der Waals surface area (Å²) in [6.07, 6.45) is 3.57. The summed E-state index contributed by atoms with van der Waals surface area (Å²) in [6.45, 7) is 4.45. The number of anilines is 1. The Morgan fingerprint density at radius 3 is 2.75 bits per heavy atom.